The van der Waals surface area contributed by atoms with E-state index < -0.39 is 8.32 Å². The van der Waals surface area contributed by atoms with E-state index in [1.54, 1.807) is 13.2 Å². The Labute approximate surface area is 99.7 Å². The second-order valence-corrected chi connectivity index (χ2v) is 10.2. The normalized spacial score (nSPS) is 12.4. The highest BCUT2D eigenvalue weighted by atomic mass is 28.4. The minimum Gasteiger partial charge on any atom is -0.543 e. The van der Waals surface area contributed by atoms with E-state index in [4.69, 9.17) is 9.16 Å². The zero-order valence-corrected chi connectivity index (χ0v) is 12.0. The third-order valence-electron chi connectivity index (χ3n) is 3.15. The highest BCUT2D eigenvalue weighted by Gasteiger charge is 2.38. The van der Waals surface area contributed by atoms with Crippen molar-refractivity contribution in [1.29, 1.82) is 0 Å². The number of methoxy groups -OCH3 is 1. The van der Waals surface area contributed by atoms with E-state index in [2.05, 4.69) is 39.9 Å². The molecule has 0 unspecified atom stereocenters. The highest BCUT2D eigenvalue weighted by Crippen LogP contribution is 2.37. The Balaban J connectivity index is 2.88. The van der Waals surface area contributed by atoms with E-state index in [0.29, 0.717) is 0 Å². The maximum atomic E-state index is 6.14. The van der Waals surface area contributed by atoms with Crippen LogP contribution >= 0.6 is 0 Å². The van der Waals surface area contributed by atoms with Crippen molar-refractivity contribution in [2.75, 3.05) is 7.11 Å². The summed E-state index contributed by atoms with van der Waals surface area (Å²) < 4.78 is 11.3. The topological polar surface area (TPSA) is 18.5 Å². The van der Waals surface area contributed by atoms with Gasteiger partial charge in [-0.2, -0.15) is 0 Å². The minimum absolute atomic E-state index is 0.204. The molecule has 0 bridgehead atoms. The fourth-order valence-electron chi connectivity index (χ4n) is 1.05. The summed E-state index contributed by atoms with van der Waals surface area (Å²) in [6.45, 7) is 11.1. The maximum Gasteiger partial charge on any atom is 0.250 e. The molecular weight excluding hydrogens is 216 g/mol. The molecule has 1 aromatic carbocycles. The molecule has 0 aliphatic heterocycles. The molecule has 1 radical (unpaired) electrons. The summed E-state index contributed by atoms with van der Waals surface area (Å²) in [4.78, 5) is 0. The molecule has 0 fully saturated rings. The molecule has 0 heterocycles. The van der Waals surface area contributed by atoms with Crippen LogP contribution in [0.5, 0.6) is 11.5 Å². The first-order valence-electron chi connectivity index (χ1n) is 5.50. The van der Waals surface area contributed by atoms with Crippen LogP contribution in [0.2, 0.25) is 18.1 Å². The van der Waals surface area contributed by atoms with Crippen molar-refractivity contribution in [2.24, 2.45) is 0 Å². The highest BCUT2D eigenvalue weighted by molar-refractivity contribution is 6.74. The monoisotopic (exact) mass is 237 g/mol. The molecule has 2 nitrogen and oxygen atoms in total. The number of hydrogen-bond acceptors (Lipinski definition) is 2. The summed E-state index contributed by atoms with van der Waals surface area (Å²) in [5.74, 6) is 1.64. The lowest BCUT2D eigenvalue weighted by molar-refractivity contribution is 0.410. The van der Waals surface area contributed by atoms with Crippen molar-refractivity contribution in [3.05, 3.63) is 24.3 Å². The standard InChI is InChI=1S/C13H21O2Si/c1-13(2,3)16(5,6)15-12-9-7-8-11(10-12)14-4/h8-10H,1-6H3. The van der Waals surface area contributed by atoms with Crippen LogP contribution < -0.4 is 9.16 Å². The van der Waals surface area contributed by atoms with Gasteiger partial charge < -0.3 is 9.16 Å². The van der Waals surface area contributed by atoms with Crippen LogP contribution in [-0.4, -0.2) is 15.4 Å². The molecule has 0 aliphatic rings. The van der Waals surface area contributed by atoms with E-state index in [9.17, 15) is 0 Å². The van der Waals surface area contributed by atoms with Crippen LogP contribution in [0.4, 0.5) is 0 Å². The van der Waals surface area contributed by atoms with Crippen LogP contribution in [-0.2, 0) is 0 Å². The Kier molecular flexibility index (Phi) is 3.68. The largest absolute Gasteiger partial charge is 0.543 e. The molecule has 0 atom stereocenters. The summed E-state index contributed by atoms with van der Waals surface area (Å²) >= 11 is 0. The molecule has 0 aromatic heterocycles. The Hall–Kier alpha value is -0.963. The Morgan fingerprint density at radius 2 is 1.69 bits per heavy atom. The molecule has 16 heavy (non-hydrogen) atoms. The van der Waals surface area contributed by atoms with Gasteiger partial charge in [-0.05, 0) is 36.3 Å². The third-order valence-corrected chi connectivity index (χ3v) is 7.51. The molecular formula is C13H21O2Si. The molecule has 0 spiro atoms. The van der Waals surface area contributed by atoms with Gasteiger partial charge in [-0.1, -0.05) is 20.8 Å². The van der Waals surface area contributed by atoms with E-state index in [1.807, 2.05) is 12.1 Å². The summed E-state index contributed by atoms with van der Waals surface area (Å²) in [5, 5.41) is 0.204. The molecule has 1 rings (SSSR count). The van der Waals surface area contributed by atoms with Gasteiger partial charge in [-0.3, -0.25) is 0 Å². The van der Waals surface area contributed by atoms with Crippen LogP contribution in [0.1, 0.15) is 20.8 Å². The Morgan fingerprint density at radius 3 is 2.19 bits per heavy atom. The van der Waals surface area contributed by atoms with Gasteiger partial charge in [0.15, 0.2) is 0 Å². The molecule has 0 saturated heterocycles. The zero-order valence-electron chi connectivity index (χ0n) is 11.0. The molecule has 0 saturated carbocycles. The predicted molar refractivity (Wildman–Crippen MR) is 69.7 cm³/mol. The maximum absolute atomic E-state index is 6.14. The first-order chi connectivity index (χ1) is 7.26. The van der Waals surface area contributed by atoms with Gasteiger partial charge in [0.05, 0.1) is 7.11 Å². The number of ether oxygens (including phenoxy) is 1. The second-order valence-electron chi connectivity index (χ2n) is 5.47. The Morgan fingerprint density at radius 1 is 1.12 bits per heavy atom. The van der Waals surface area contributed by atoms with E-state index in [1.165, 1.54) is 0 Å². The van der Waals surface area contributed by atoms with Crippen molar-refractivity contribution in [1.82, 2.24) is 0 Å². The first kappa shape index (κ1) is 13.1. The number of hydrogen-bond donors (Lipinski definition) is 0. The average Bonchev–Trinajstić information content (AvgIpc) is 2.15. The zero-order chi connectivity index (χ0) is 12.4. The van der Waals surface area contributed by atoms with Crippen molar-refractivity contribution < 1.29 is 9.16 Å². The lowest BCUT2D eigenvalue weighted by Crippen LogP contribution is -2.43. The van der Waals surface area contributed by atoms with Crippen molar-refractivity contribution in [3.8, 4) is 11.5 Å². The number of benzene rings is 1. The van der Waals surface area contributed by atoms with Gasteiger partial charge in [0, 0.05) is 6.07 Å². The van der Waals surface area contributed by atoms with Gasteiger partial charge in [0.1, 0.15) is 11.5 Å². The van der Waals surface area contributed by atoms with Crippen LogP contribution in [0.15, 0.2) is 18.2 Å². The summed E-state index contributed by atoms with van der Waals surface area (Å²) in [6.07, 6.45) is 0. The van der Waals surface area contributed by atoms with Gasteiger partial charge in [0.2, 0.25) is 8.32 Å². The van der Waals surface area contributed by atoms with Gasteiger partial charge in [-0.25, -0.2) is 0 Å². The lowest BCUT2D eigenvalue weighted by Gasteiger charge is -2.36. The van der Waals surface area contributed by atoms with Crippen LogP contribution in [0.3, 0.4) is 0 Å². The van der Waals surface area contributed by atoms with Gasteiger partial charge in [-0.15, -0.1) is 0 Å². The first-order valence-corrected chi connectivity index (χ1v) is 8.41. The molecule has 89 valence electrons. The van der Waals surface area contributed by atoms with Crippen LogP contribution in [0, 0.1) is 6.07 Å². The Bertz CT molecular complexity index is 353. The van der Waals surface area contributed by atoms with Crippen molar-refractivity contribution >= 4 is 8.32 Å². The molecule has 0 amide bonds. The predicted octanol–water partition coefficient (Wildman–Crippen LogP) is 3.88. The molecule has 0 aliphatic carbocycles. The fourth-order valence-corrected chi connectivity index (χ4v) is 2.07. The molecule has 0 N–H and O–H groups in total. The summed E-state index contributed by atoms with van der Waals surface area (Å²) in [5.41, 5.74) is 0. The van der Waals surface area contributed by atoms with Crippen LogP contribution in [0.25, 0.3) is 0 Å². The van der Waals surface area contributed by atoms with Gasteiger partial charge >= 0.3 is 0 Å². The van der Waals surface area contributed by atoms with E-state index >= 15 is 0 Å². The number of rotatable bonds is 3. The average molecular weight is 237 g/mol. The summed E-state index contributed by atoms with van der Waals surface area (Å²) in [6, 6.07) is 8.61. The van der Waals surface area contributed by atoms with Crippen molar-refractivity contribution in [3.63, 3.8) is 0 Å². The second kappa shape index (κ2) is 4.50. The van der Waals surface area contributed by atoms with Crippen molar-refractivity contribution in [2.45, 2.75) is 38.9 Å². The lowest BCUT2D eigenvalue weighted by atomic mass is 10.2. The van der Waals surface area contributed by atoms with Gasteiger partial charge in [0.25, 0.3) is 0 Å². The third kappa shape index (κ3) is 3.01. The molecule has 3 heteroatoms. The summed E-state index contributed by atoms with van der Waals surface area (Å²) in [7, 11) is -0.105. The SMILES string of the molecule is COc1c[c]cc(O[Si](C)(C)C(C)(C)C)c1. The van der Waals surface area contributed by atoms with E-state index in [-0.39, 0.29) is 5.04 Å². The fraction of sp³-hybridized carbons (Fsp3) is 0.538. The minimum atomic E-state index is -1.76. The van der Waals surface area contributed by atoms with E-state index in [0.717, 1.165) is 11.5 Å². The quantitative estimate of drug-likeness (QED) is 0.743. The molecule has 1 aromatic rings. The smallest absolute Gasteiger partial charge is 0.250 e.